The van der Waals surface area contributed by atoms with E-state index in [1.54, 1.807) is 40.1 Å². The topological polar surface area (TPSA) is 83.6 Å². The molecular formula is C26H24ClN5O3. The molecule has 5 rings (SSSR count). The van der Waals surface area contributed by atoms with Gasteiger partial charge < -0.3 is 14.6 Å². The molecule has 2 aromatic carbocycles. The molecule has 0 unspecified atom stereocenters. The highest BCUT2D eigenvalue weighted by atomic mass is 35.5. The van der Waals surface area contributed by atoms with Gasteiger partial charge in [-0.05, 0) is 36.4 Å². The van der Waals surface area contributed by atoms with Gasteiger partial charge in [0.15, 0.2) is 5.76 Å². The normalized spacial score (nSPS) is 14.1. The van der Waals surface area contributed by atoms with Gasteiger partial charge >= 0.3 is 0 Å². The second kappa shape index (κ2) is 10.2. The number of amides is 2. The van der Waals surface area contributed by atoms with Crippen molar-refractivity contribution in [2.45, 2.75) is 0 Å². The van der Waals surface area contributed by atoms with Gasteiger partial charge in [-0.2, -0.15) is 5.10 Å². The Kier molecular flexibility index (Phi) is 6.65. The Morgan fingerprint density at radius 1 is 0.943 bits per heavy atom. The zero-order valence-electron chi connectivity index (χ0n) is 18.9. The Morgan fingerprint density at radius 3 is 2.40 bits per heavy atom. The summed E-state index contributed by atoms with van der Waals surface area (Å²) in [4.78, 5) is 29.8. The van der Waals surface area contributed by atoms with E-state index in [-0.39, 0.29) is 18.4 Å². The highest BCUT2D eigenvalue weighted by Crippen LogP contribution is 2.24. The number of furan rings is 1. The fourth-order valence-corrected chi connectivity index (χ4v) is 4.25. The number of halogens is 1. The van der Waals surface area contributed by atoms with Crippen molar-refractivity contribution in [3.05, 3.63) is 89.8 Å². The van der Waals surface area contributed by atoms with Gasteiger partial charge in [0.05, 0.1) is 29.2 Å². The van der Waals surface area contributed by atoms with E-state index >= 15 is 0 Å². The number of para-hydroxylation sites is 2. The van der Waals surface area contributed by atoms with Crippen LogP contribution in [0.4, 0.5) is 5.69 Å². The summed E-state index contributed by atoms with van der Waals surface area (Å²) < 4.78 is 7.15. The Hall–Kier alpha value is -3.88. The summed E-state index contributed by atoms with van der Waals surface area (Å²) in [5.41, 5.74) is 2.45. The van der Waals surface area contributed by atoms with Crippen LogP contribution in [-0.2, 0) is 4.79 Å². The second-order valence-corrected chi connectivity index (χ2v) is 8.64. The smallest absolute Gasteiger partial charge is 0.272 e. The maximum absolute atomic E-state index is 13.5. The largest absolute Gasteiger partial charge is 0.463 e. The van der Waals surface area contributed by atoms with E-state index in [1.165, 1.54) is 0 Å². The van der Waals surface area contributed by atoms with E-state index < -0.39 is 0 Å². The standard InChI is InChI=1S/C26H24ClN5O3/c27-20-9-4-5-10-21(20)28-25(33)18-30-12-14-31(15-13-30)26(34)23-17-22(24-11-6-16-35-24)29-32(23)19-7-2-1-3-8-19/h1-11,16-17H,12-15,18H2,(H,28,33). The molecule has 2 aromatic heterocycles. The number of nitrogens with zero attached hydrogens (tertiary/aromatic N) is 4. The number of hydrogen-bond donors (Lipinski definition) is 1. The summed E-state index contributed by atoms with van der Waals surface area (Å²) in [5, 5.41) is 7.99. The first-order chi connectivity index (χ1) is 17.1. The molecule has 1 aliphatic heterocycles. The van der Waals surface area contributed by atoms with Crippen LogP contribution in [0.15, 0.2) is 83.5 Å². The SMILES string of the molecule is O=C(CN1CCN(C(=O)c2cc(-c3ccco3)nn2-c2ccccc2)CC1)Nc1ccccc1Cl. The van der Waals surface area contributed by atoms with Crippen molar-refractivity contribution in [1.82, 2.24) is 19.6 Å². The fraction of sp³-hybridized carbons (Fsp3) is 0.192. The molecule has 35 heavy (non-hydrogen) atoms. The molecule has 3 heterocycles. The third-order valence-electron chi connectivity index (χ3n) is 5.88. The van der Waals surface area contributed by atoms with Crippen molar-refractivity contribution >= 4 is 29.1 Å². The molecule has 2 amide bonds. The molecule has 9 heteroatoms. The predicted octanol–water partition coefficient (Wildman–Crippen LogP) is 4.18. The van der Waals surface area contributed by atoms with Gasteiger partial charge in [-0.15, -0.1) is 0 Å². The summed E-state index contributed by atoms with van der Waals surface area (Å²) >= 11 is 6.13. The molecule has 1 aliphatic rings. The lowest BCUT2D eigenvalue weighted by molar-refractivity contribution is -0.117. The van der Waals surface area contributed by atoms with E-state index in [0.29, 0.717) is 54.0 Å². The van der Waals surface area contributed by atoms with Crippen LogP contribution < -0.4 is 5.32 Å². The minimum absolute atomic E-state index is 0.112. The van der Waals surface area contributed by atoms with E-state index in [1.807, 2.05) is 53.4 Å². The van der Waals surface area contributed by atoms with Crippen LogP contribution in [0, 0.1) is 0 Å². The maximum Gasteiger partial charge on any atom is 0.272 e. The van der Waals surface area contributed by atoms with Crippen molar-refractivity contribution in [1.29, 1.82) is 0 Å². The average Bonchev–Trinajstić information content (AvgIpc) is 3.57. The number of benzene rings is 2. The Bertz CT molecular complexity index is 1310. The van der Waals surface area contributed by atoms with Gasteiger partial charge in [-0.3, -0.25) is 14.5 Å². The first-order valence-corrected chi connectivity index (χ1v) is 11.7. The van der Waals surface area contributed by atoms with Crippen molar-refractivity contribution in [2.24, 2.45) is 0 Å². The summed E-state index contributed by atoms with van der Waals surface area (Å²) in [5.74, 6) is 0.352. The van der Waals surface area contributed by atoms with Gasteiger partial charge in [-0.25, -0.2) is 4.68 Å². The summed E-state index contributed by atoms with van der Waals surface area (Å²) in [7, 11) is 0. The number of carbonyl (C=O) groups is 2. The Labute approximate surface area is 207 Å². The molecule has 4 aromatic rings. The number of hydrogen-bond acceptors (Lipinski definition) is 5. The molecule has 0 spiro atoms. The highest BCUT2D eigenvalue weighted by molar-refractivity contribution is 6.33. The Balaban J connectivity index is 1.26. The summed E-state index contributed by atoms with van der Waals surface area (Å²) in [6.45, 7) is 2.43. The number of aromatic nitrogens is 2. The van der Waals surface area contributed by atoms with E-state index in [4.69, 9.17) is 16.0 Å². The van der Waals surface area contributed by atoms with Crippen LogP contribution >= 0.6 is 11.6 Å². The fourth-order valence-electron chi connectivity index (χ4n) is 4.07. The summed E-state index contributed by atoms with van der Waals surface area (Å²) in [6.07, 6.45) is 1.58. The van der Waals surface area contributed by atoms with Crippen LogP contribution in [0.5, 0.6) is 0 Å². The van der Waals surface area contributed by atoms with E-state index in [2.05, 4.69) is 10.4 Å². The average molecular weight is 490 g/mol. The first kappa shape index (κ1) is 22.9. The maximum atomic E-state index is 13.5. The molecule has 1 N–H and O–H groups in total. The lowest BCUT2D eigenvalue weighted by Gasteiger charge is -2.34. The molecule has 1 saturated heterocycles. The predicted molar refractivity (Wildman–Crippen MR) is 134 cm³/mol. The lowest BCUT2D eigenvalue weighted by Crippen LogP contribution is -2.50. The van der Waals surface area contributed by atoms with Crippen LogP contribution in [0.25, 0.3) is 17.1 Å². The number of anilines is 1. The minimum atomic E-state index is -0.136. The quantitative estimate of drug-likeness (QED) is 0.439. The van der Waals surface area contributed by atoms with Gasteiger partial charge in [-0.1, -0.05) is 41.9 Å². The van der Waals surface area contributed by atoms with Crippen LogP contribution in [-0.4, -0.2) is 64.1 Å². The molecule has 1 fully saturated rings. The van der Waals surface area contributed by atoms with Crippen LogP contribution in [0.3, 0.4) is 0 Å². The molecule has 0 saturated carbocycles. The second-order valence-electron chi connectivity index (χ2n) is 8.24. The van der Waals surface area contributed by atoms with E-state index in [9.17, 15) is 9.59 Å². The number of piperazine rings is 1. The van der Waals surface area contributed by atoms with Gasteiger partial charge in [0.1, 0.15) is 11.4 Å². The molecular weight excluding hydrogens is 466 g/mol. The lowest BCUT2D eigenvalue weighted by atomic mass is 10.2. The number of nitrogens with one attached hydrogen (secondary N) is 1. The van der Waals surface area contributed by atoms with Gasteiger partial charge in [0.2, 0.25) is 5.91 Å². The van der Waals surface area contributed by atoms with Crippen molar-refractivity contribution in [2.75, 3.05) is 38.0 Å². The monoisotopic (exact) mass is 489 g/mol. The Morgan fingerprint density at radius 2 is 1.69 bits per heavy atom. The van der Waals surface area contributed by atoms with Crippen molar-refractivity contribution in [3.8, 4) is 17.1 Å². The van der Waals surface area contributed by atoms with Crippen LogP contribution in [0.1, 0.15) is 10.5 Å². The number of rotatable bonds is 6. The minimum Gasteiger partial charge on any atom is -0.463 e. The number of carbonyl (C=O) groups excluding carboxylic acids is 2. The van der Waals surface area contributed by atoms with Gasteiger partial charge in [0, 0.05) is 32.2 Å². The van der Waals surface area contributed by atoms with Crippen LogP contribution in [0.2, 0.25) is 5.02 Å². The van der Waals surface area contributed by atoms with Crippen molar-refractivity contribution in [3.63, 3.8) is 0 Å². The molecule has 0 bridgehead atoms. The molecule has 178 valence electrons. The van der Waals surface area contributed by atoms with Gasteiger partial charge in [0.25, 0.3) is 5.91 Å². The van der Waals surface area contributed by atoms with Crippen molar-refractivity contribution < 1.29 is 14.0 Å². The third kappa shape index (κ3) is 5.13. The third-order valence-corrected chi connectivity index (χ3v) is 6.21. The molecule has 0 radical (unpaired) electrons. The summed E-state index contributed by atoms with van der Waals surface area (Å²) in [6, 6.07) is 22.1. The molecule has 0 aliphatic carbocycles. The molecule has 8 nitrogen and oxygen atoms in total. The first-order valence-electron chi connectivity index (χ1n) is 11.3. The van der Waals surface area contributed by atoms with E-state index in [0.717, 1.165) is 5.69 Å². The zero-order valence-corrected chi connectivity index (χ0v) is 19.7. The highest BCUT2D eigenvalue weighted by Gasteiger charge is 2.27. The zero-order chi connectivity index (χ0) is 24.2. The molecule has 0 atom stereocenters.